The summed E-state index contributed by atoms with van der Waals surface area (Å²) < 4.78 is 4.03. The van der Waals surface area contributed by atoms with Crippen LogP contribution in [-0.4, -0.2) is 16.5 Å². The minimum absolute atomic E-state index is 0.411. The van der Waals surface area contributed by atoms with Crippen molar-refractivity contribution in [3.05, 3.63) is 11.1 Å². The van der Waals surface area contributed by atoms with Gasteiger partial charge in [0.05, 0.1) is 10.5 Å². The van der Waals surface area contributed by atoms with Crippen molar-refractivity contribution >= 4 is 28.6 Å². The lowest BCUT2D eigenvalue weighted by molar-refractivity contribution is -0.106. The minimum Gasteiger partial charge on any atom is -0.385 e. The summed E-state index contributed by atoms with van der Waals surface area (Å²) in [5, 5.41) is 15.2. The molecule has 1 unspecified atom stereocenters. The molecular formula is C7H11N3O2S2. The first-order valence-corrected chi connectivity index (χ1v) is 5.83. The zero-order valence-corrected chi connectivity index (χ0v) is 9.43. The molecule has 1 aromatic heterocycles. The smallest absolute Gasteiger partial charge is 0.240 e. The normalized spacial score (nSPS) is 14.3. The summed E-state index contributed by atoms with van der Waals surface area (Å²) in [4.78, 5) is 14.8. The number of carbonyl (C=O) groups excluding carboxylic acids is 1. The molecular weight excluding hydrogens is 222 g/mol. The fourth-order valence-corrected chi connectivity index (χ4v) is 2.46. The van der Waals surface area contributed by atoms with Crippen molar-refractivity contribution in [2.24, 2.45) is 9.50 Å². The summed E-state index contributed by atoms with van der Waals surface area (Å²) in [7, 11) is -0.994. The third kappa shape index (κ3) is 2.68. The Labute approximate surface area is 88.2 Å². The van der Waals surface area contributed by atoms with E-state index in [0.29, 0.717) is 15.6 Å². The standard InChI is InChI=1S/C7H11N3O2S2/c1-7(2,12)5-3-9-6(13-5)14(8)10-4-11/h3-4,12H,1-2H3,(H2,8,10,11). The molecule has 1 aromatic rings. The van der Waals surface area contributed by atoms with Gasteiger partial charge in [-0.15, -0.1) is 11.3 Å². The number of hydrogen-bond acceptors (Lipinski definition) is 4. The number of carbonyl (C=O) groups is 1. The molecule has 5 nitrogen and oxygen atoms in total. The molecule has 0 aliphatic rings. The highest BCUT2D eigenvalue weighted by Crippen LogP contribution is 2.26. The molecule has 0 spiro atoms. The molecule has 1 amide bonds. The van der Waals surface area contributed by atoms with Gasteiger partial charge in [-0.1, -0.05) is 0 Å². The van der Waals surface area contributed by atoms with Crippen molar-refractivity contribution in [3.63, 3.8) is 0 Å². The van der Waals surface area contributed by atoms with Gasteiger partial charge in [-0.3, -0.25) is 9.93 Å². The first-order chi connectivity index (χ1) is 6.45. The van der Waals surface area contributed by atoms with Crippen LogP contribution in [0.2, 0.25) is 0 Å². The van der Waals surface area contributed by atoms with Gasteiger partial charge < -0.3 is 5.11 Å². The molecule has 0 aliphatic carbocycles. The van der Waals surface area contributed by atoms with E-state index in [1.54, 1.807) is 20.0 Å². The van der Waals surface area contributed by atoms with Gasteiger partial charge in [0.25, 0.3) is 0 Å². The molecule has 1 heterocycles. The van der Waals surface area contributed by atoms with Gasteiger partial charge in [-0.05, 0) is 13.8 Å². The number of amides is 1. The first kappa shape index (κ1) is 11.4. The molecule has 7 heteroatoms. The quantitative estimate of drug-likeness (QED) is 0.747. The predicted molar refractivity (Wildman–Crippen MR) is 55.7 cm³/mol. The molecule has 3 N–H and O–H groups in total. The lowest BCUT2D eigenvalue weighted by Gasteiger charge is -2.12. The van der Waals surface area contributed by atoms with Crippen LogP contribution >= 0.6 is 11.3 Å². The van der Waals surface area contributed by atoms with Crippen LogP contribution < -0.4 is 5.14 Å². The second-order valence-electron chi connectivity index (χ2n) is 3.07. The Morgan fingerprint density at radius 1 is 1.79 bits per heavy atom. The molecule has 0 aromatic carbocycles. The van der Waals surface area contributed by atoms with Crippen molar-refractivity contribution in [2.75, 3.05) is 0 Å². The Morgan fingerprint density at radius 2 is 2.43 bits per heavy atom. The van der Waals surface area contributed by atoms with Crippen LogP contribution in [0.5, 0.6) is 0 Å². The molecule has 0 bridgehead atoms. The van der Waals surface area contributed by atoms with E-state index in [1.807, 2.05) is 0 Å². The van der Waals surface area contributed by atoms with Gasteiger partial charge in [0.1, 0.15) is 0 Å². The zero-order valence-electron chi connectivity index (χ0n) is 7.80. The van der Waals surface area contributed by atoms with Crippen LogP contribution in [0.1, 0.15) is 18.7 Å². The summed E-state index contributed by atoms with van der Waals surface area (Å²) in [5.74, 6) is 0. The molecule has 78 valence electrons. The highest BCUT2D eigenvalue weighted by Gasteiger charge is 2.19. The molecule has 0 fully saturated rings. The predicted octanol–water partition coefficient (Wildman–Crippen LogP) is 0.561. The molecule has 0 radical (unpaired) electrons. The van der Waals surface area contributed by atoms with E-state index in [4.69, 9.17) is 5.14 Å². The SMILES string of the molecule is CC(C)(O)c1cnc(S(N)=NC=O)s1. The van der Waals surface area contributed by atoms with Crippen LogP contribution in [0, 0.1) is 0 Å². The maximum Gasteiger partial charge on any atom is 0.240 e. The topological polar surface area (TPSA) is 88.6 Å². The van der Waals surface area contributed by atoms with Gasteiger partial charge in [-0.2, -0.15) is 4.36 Å². The van der Waals surface area contributed by atoms with Gasteiger partial charge in [0.15, 0.2) is 4.34 Å². The highest BCUT2D eigenvalue weighted by atomic mass is 32.2. The van der Waals surface area contributed by atoms with Gasteiger partial charge in [-0.25, -0.2) is 4.98 Å². The van der Waals surface area contributed by atoms with Crippen molar-refractivity contribution in [3.8, 4) is 0 Å². The second kappa shape index (κ2) is 4.26. The second-order valence-corrected chi connectivity index (χ2v) is 5.59. The monoisotopic (exact) mass is 233 g/mol. The van der Waals surface area contributed by atoms with Crippen LogP contribution in [0.25, 0.3) is 0 Å². The van der Waals surface area contributed by atoms with Crippen molar-refractivity contribution < 1.29 is 9.90 Å². The van der Waals surface area contributed by atoms with Crippen LogP contribution in [0.4, 0.5) is 0 Å². The largest absolute Gasteiger partial charge is 0.385 e. The number of rotatable bonds is 3. The molecule has 0 saturated carbocycles. The van der Waals surface area contributed by atoms with Crippen molar-refractivity contribution in [1.82, 2.24) is 4.98 Å². The number of nitrogens with two attached hydrogens (primary N) is 1. The molecule has 1 atom stereocenters. The summed E-state index contributed by atoms with van der Waals surface area (Å²) in [6, 6.07) is 0. The summed E-state index contributed by atoms with van der Waals surface area (Å²) in [6.45, 7) is 3.32. The molecule has 0 aliphatic heterocycles. The molecule has 1 rings (SSSR count). The Morgan fingerprint density at radius 3 is 2.86 bits per heavy atom. The molecule has 14 heavy (non-hydrogen) atoms. The van der Waals surface area contributed by atoms with E-state index in [1.165, 1.54) is 11.3 Å². The number of aliphatic hydroxyl groups is 1. The van der Waals surface area contributed by atoms with E-state index in [2.05, 4.69) is 9.35 Å². The fourth-order valence-electron chi connectivity index (χ4n) is 0.729. The number of nitrogens with zero attached hydrogens (tertiary/aromatic N) is 2. The number of hydrogen-bond donors (Lipinski definition) is 2. The van der Waals surface area contributed by atoms with Crippen molar-refractivity contribution in [2.45, 2.75) is 23.8 Å². The van der Waals surface area contributed by atoms with Gasteiger partial charge >= 0.3 is 0 Å². The first-order valence-electron chi connectivity index (χ1n) is 3.77. The Bertz CT molecular complexity index is 367. The summed E-state index contributed by atoms with van der Waals surface area (Å²) in [5.41, 5.74) is -0.929. The third-order valence-corrected chi connectivity index (χ3v) is 4.07. The maximum atomic E-state index is 10.1. The van der Waals surface area contributed by atoms with Crippen LogP contribution in [-0.2, 0) is 21.3 Å². The minimum atomic E-state index is -0.994. The van der Waals surface area contributed by atoms with E-state index in [-0.39, 0.29) is 0 Å². The van der Waals surface area contributed by atoms with Crippen molar-refractivity contribution in [1.29, 1.82) is 0 Å². The van der Waals surface area contributed by atoms with E-state index < -0.39 is 16.5 Å². The van der Waals surface area contributed by atoms with Crippen LogP contribution in [0.3, 0.4) is 0 Å². The zero-order chi connectivity index (χ0) is 10.8. The Kier molecular flexibility index (Phi) is 3.48. The van der Waals surface area contributed by atoms with Gasteiger partial charge in [0, 0.05) is 17.1 Å². The average Bonchev–Trinajstić information content (AvgIpc) is 2.51. The lowest BCUT2D eigenvalue weighted by Crippen LogP contribution is -2.12. The summed E-state index contributed by atoms with van der Waals surface area (Å²) in [6.07, 6.45) is 1.96. The van der Waals surface area contributed by atoms with E-state index >= 15 is 0 Å². The van der Waals surface area contributed by atoms with E-state index in [0.717, 1.165) is 0 Å². The van der Waals surface area contributed by atoms with E-state index in [9.17, 15) is 9.90 Å². The third-order valence-electron chi connectivity index (χ3n) is 1.42. The fraction of sp³-hybridized carbons (Fsp3) is 0.429. The maximum absolute atomic E-state index is 10.1. The Balaban J connectivity index is 3.00. The highest BCUT2D eigenvalue weighted by molar-refractivity contribution is 7.87. The number of aromatic nitrogens is 1. The number of thiazole rings is 1. The van der Waals surface area contributed by atoms with Crippen LogP contribution in [0.15, 0.2) is 14.9 Å². The molecule has 0 saturated heterocycles. The van der Waals surface area contributed by atoms with Gasteiger partial charge in [0.2, 0.25) is 6.41 Å². The summed E-state index contributed by atoms with van der Waals surface area (Å²) >= 11 is 1.26. The Hall–Kier alpha value is -0.630. The average molecular weight is 233 g/mol. The lowest BCUT2D eigenvalue weighted by atomic mass is 10.1.